The molecule has 0 amide bonds. The highest BCUT2D eigenvalue weighted by Crippen LogP contribution is 2.20. The van der Waals surface area contributed by atoms with E-state index < -0.39 is 0 Å². The van der Waals surface area contributed by atoms with Crippen LogP contribution in [0.1, 0.15) is 18.1 Å². The normalized spacial score (nSPS) is 11.1. The molecule has 0 aromatic heterocycles. The summed E-state index contributed by atoms with van der Waals surface area (Å²) in [5.74, 6) is 0.775. The van der Waals surface area contributed by atoms with Crippen LogP contribution in [0, 0.1) is 6.92 Å². The van der Waals surface area contributed by atoms with Crippen molar-refractivity contribution in [3.63, 3.8) is 0 Å². The SMILES string of the molecule is COc1ccc(C)cc1C(C)=NNC(N)=S. The van der Waals surface area contributed by atoms with Crippen LogP contribution < -0.4 is 15.9 Å². The molecule has 0 aliphatic rings. The topological polar surface area (TPSA) is 59.6 Å². The number of hydrogen-bond acceptors (Lipinski definition) is 3. The van der Waals surface area contributed by atoms with Crippen molar-refractivity contribution in [2.75, 3.05) is 7.11 Å². The van der Waals surface area contributed by atoms with E-state index >= 15 is 0 Å². The molecule has 86 valence electrons. The minimum atomic E-state index is 0.144. The van der Waals surface area contributed by atoms with Crippen molar-refractivity contribution < 1.29 is 4.74 Å². The summed E-state index contributed by atoms with van der Waals surface area (Å²) in [5, 5.41) is 4.21. The van der Waals surface area contributed by atoms with Crippen LogP contribution >= 0.6 is 12.2 Å². The molecule has 0 saturated carbocycles. The van der Waals surface area contributed by atoms with Crippen LogP contribution in [0.4, 0.5) is 0 Å². The predicted octanol–water partition coefficient (Wildman–Crippen LogP) is 1.56. The third-order valence-electron chi connectivity index (χ3n) is 2.08. The number of thiocarbonyl (C=S) groups is 1. The molecule has 1 rings (SSSR count). The number of hydrogen-bond donors (Lipinski definition) is 2. The third-order valence-corrected chi connectivity index (χ3v) is 2.17. The van der Waals surface area contributed by atoms with E-state index in [4.69, 9.17) is 10.5 Å². The number of methoxy groups -OCH3 is 1. The highest BCUT2D eigenvalue weighted by atomic mass is 32.1. The molecule has 0 atom stereocenters. The molecule has 0 saturated heterocycles. The zero-order valence-electron chi connectivity index (χ0n) is 9.57. The molecule has 0 unspecified atom stereocenters. The maximum atomic E-state index is 5.30. The molecule has 1 aromatic carbocycles. The van der Waals surface area contributed by atoms with Gasteiger partial charge in [0.2, 0.25) is 0 Å². The highest BCUT2D eigenvalue weighted by molar-refractivity contribution is 7.80. The summed E-state index contributed by atoms with van der Waals surface area (Å²) < 4.78 is 5.26. The van der Waals surface area contributed by atoms with E-state index in [0.29, 0.717) is 0 Å². The Morgan fingerprint density at radius 3 is 2.75 bits per heavy atom. The van der Waals surface area contributed by atoms with Gasteiger partial charge in [0, 0.05) is 5.56 Å². The first-order chi connectivity index (χ1) is 7.54. The first-order valence-electron chi connectivity index (χ1n) is 4.79. The molecule has 0 aliphatic carbocycles. The van der Waals surface area contributed by atoms with E-state index in [1.807, 2.05) is 32.0 Å². The fraction of sp³-hybridized carbons (Fsp3) is 0.273. The van der Waals surface area contributed by atoms with Crippen LogP contribution in [0.5, 0.6) is 5.75 Å². The van der Waals surface area contributed by atoms with Gasteiger partial charge in [0.15, 0.2) is 5.11 Å². The van der Waals surface area contributed by atoms with Gasteiger partial charge in [-0.05, 0) is 38.2 Å². The van der Waals surface area contributed by atoms with E-state index in [9.17, 15) is 0 Å². The summed E-state index contributed by atoms with van der Waals surface area (Å²) in [7, 11) is 1.63. The highest BCUT2D eigenvalue weighted by Gasteiger charge is 2.06. The molecule has 0 aliphatic heterocycles. The lowest BCUT2D eigenvalue weighted by Gasteiger charge is -2.09. The first-order valence-corrected chi connectivity index (χ1v) is 5.20. The molecule has 5 heteroatoms. The first kappa shape index (κ1) is 12.4. The van der Waals surface area contributed by atoms with E-state index in [2.05, 4.69) is 22.7 Å². The van der Waals surface area contributed by atoms with Gasteiger partial charge in [-0.15, -0.1) is 0 Å². The Morgan fingerprint density at radius 2 is 2.19 bits per heavy atom. The number of aryl methyl sites for hydroxylation is 1. The van der Waals surface area contributed by atoms with Gasteiger partial charge in [0.1, 0.15) is 5.75 Å². The lowest BCUT2D eigenvalue weighted by atomic mass is 10.1. The average molecular weight is 237 g/mol. The summed E-state index contributed by atoms with van der Waals surface area (Å²) in [6.07, 6.45) is 0. The molecular weight excluding hydrogens is 222 g/mol. The Balaban J connectivity index is 3.05. The van der Waals surface area contributed by atoms with Crippen molar-refractivity contribution >= 4 is 23.0 Å². The Hall–Kier alpha value is -1.62. The number of nitrogens with two attached hydrogens (primary N) is 1. The summed E-state index contributed by atoms with van der Waals surface area (Å²) in [6.45, 7) is 3.87. The molecule has 4 nitrogen and oxygen atoms in total. The Labute approximate surface area is 100 Å². The van der Waals surface area contributed by atoms with Gasteiger partial charge >= 0.3 is 0 Å². The standard InChI is InChI=1S/C11H15N3OS/c1-7-4-5-10(15-3)9(6-7)8(2)13-14-11(12)16/h4-6H,1-3H3,(H3,12,14,16). The quantitative estimate of drug-likeness (QED) is 0.476. The minimum Gasteiger partial charge on any atom is -0.496 e. The summed E-state index contributed by atoms with van der Waals surface area (Å²) in [6, 6.07) is 5.89. The van der Waals surface area contributed by atoms with Crippen molar-refractivity contribution in [3.8, 4) is 5.75 Å². The van der Waals surface area contributed by atoms with E-state index in [1.165, 1.54) is 0 Å². The van der Waals surface area contributed by atoms with Gasteiger partial charge < -0.3 is 10.5 Å². The summed E-state index contributed by atoms with van der Waals surface area (Å²) >= 11 is 4.68. The van der Waals surface area contributed by atoms with Crippen molar-refractivity contribution in [2.24, 2.45) is 10.8 Å². The Morgan fingerprint density at radius 1 is 1.50 bits per heavy atom. The minimum absolute atomic E-state index is 0.144. The second-order valence-electron chi connectivity index (χ2n) is 3.38. The zero-order chi connectivity index (χ0) is 12.1. The van der Waals surface area contributed by atoms with Crippen LogP contribution in [-0.4, -0.2) is 17.9 Å². The number of rotatable bonds is 3. The molecule has 3 N–H and O–H groups in total. The maximum Gasteiger partial charge on any atom is 0.184 e. The fourth-order valence-electron chi connectivity index (χ4n) is 1.30. The molecule has 0 bridgehead atoms. The third kappa shape index (κ3) is 3.20. The van der Waals surface area contributed by atoms with Crippen molar-refractivity contribution in [2.45, 2.75) is 13.8 Å². The zero-order valence-corrected chi connectivity index (χ0v) is 10.4. The van der Waals surface area contributed by atoms with Crippen LogP contribution in [0.25, 0.3) is 0 Å². The molecule has 1 aromatic rings. The molecule has 0 fully saturated rings. The summed E-state index contributed by atoms with van der Waals surface area (Å²) in [4.78, 5) is 0. The molecule has 16 heavy (non-hydrogen) atoms. The molecule has 0 radical (unpaired) electrons. The number of nitrogens with one attached hydrogen (secondary N) is 1. The van der Waals surface area contributed by atoms with Crippen molar-refractivity contribution in [1.29, 1.82) is 0 Å². The van der Waals surface area contributed by atoms with E-state index in [-0.39, 0.29) is 5.11 Å². The summed E-state index contributed by atoms with van der Waals surface area (Å²) in [5.41, 5.74) is 10.7. The largest absolute Gasteiger partial charge is 0.496 e. The van der Waals surface area contributed by atoms with Crippen molar-refractivity contribution in [3.05, 3.63) is 29.3 Å². The number of nitrogens with zero attached hydrogens (tertiary/aromatic N) is 1. The molecular formula is C11H15N3OS. The van der Waals surface area contributed by atoms with Gasteiger partial charge in [-0.25, -0.2) is 0 Å². The van der Waals surface area contributed by atoms with E-state index in [0.717, 1.165) is 22.6 Å². The maximum absolute atomic E-state index is 5.30. The number of benzene rings is 1. The van der Waals surface area contributed by atoms with Crippen LogP contribution in [0.15, 0.2) is 23.3 Å². The average Bonchev–Trinajstić information content (AvgIpc) is 2.25. The fourth-order valence-corrected chi connectivity index (χ4v) is 1.35. The lowest BCUT2D eigenvalue weighted by molar-refractivity contribution is 0.414. The van der Waals surface area contributed by atoms with Gasteiger partial charge in [-0.1, -0.05) is 11.6 Å². The lowest BCUT2D eigenvalue weighted by Crippen LogP contribution is -2.25. The second kappa shape index (κ2) is 5.46. The Kier molecular flexibility index (Phi) is 4.25. The number of ether oxygens (including phenoxy) is 1. The monoisotopic (exact) mass is 237 g/mol. The molecule has 0 heterocycles. The van der Waals surface area contributed by atoms with Crippen LogP contribution in [-0.2, 0) is 0 Å². The van der Waals surface area contributed by atoms with Crippen LogP contribution in [0.2, 0.25) is 0 Å². The van der Waals surface area contributed by atoms with Gasteiger partial charge in [0.25, 0.3) is 0 Å². The van der Waals surface area contributed by atoms with Crippen LogP contribution in [0.3, 0.4) is 0 Å². The number of hydrazone groups is 1. The van der Waals surface area contributed by atoms with Gasteiger partial charge in [0.05, 0.1) is 12.8 Å². The van der Waals surface area contributed by atoms with Gasteiger partial charge in [-0.2, -0.15) is 5.10 Å². The van der Waals surface area contributed by atoms with E-state index in [1.54, 1.807) is 7.11 Å². The smallest absolute Gasteiger partial charge is 0.184 e. The molecule has 0 spiro atoms. The predicted molar refractivity (Wildman–Crippen MR) is 69.9 cm³/mol. The second-order valence-corrected chi connectivity index (χ2v) is 3.82. The van der Waals surface area contributed by atoms with Crippen molar-refractivity contribution in [1.82, 2.24) is 5.43 Å². The van der Waals surface area contributed by atoms with Gasteiger partial charge in [-0.3, -0.25) is 5.43 Å². The Bertz CT molecular complexity index is 429.